The lowest BCUT2D eigenvalue weighted by molar-refractivity contribution is 0.0374. The van der Waals surface area contributed by atoms with Gasteiger partial charge in [-0.1, -0.05) is 43.9 Å². The second kappa shape index (κ2) is 6.23. The molecule has 2 aromatic rings. The molecule has 0 atom stereocenters. The van der Waals surface area contributed by atoms with Gasteiger partial charge in [-0.25, -0.2) is 0 Å². The van der Waals surface area contributed by atoms with Crippen molar-refractivity contribution in [2.75, 3.05) is 6.61 Å². The molecule has 20 heavy (non-hydrogen) atoms. The summed E-state index contributed by atoms with van der Waals surface area (Å²) in [5.41, 5.74) is 0.755. The van der Waals surface area contributed by atoms with Gasteiger partial charge in [0.05, 0.1) is 6.10 Å². The summed E-state index contributed by atoms with van der Waals surface area (Å²) in [6, 6.07) is 9.46. The number of hydrogen-bond donors (Lipinski definition) is 0. The van der Waals surface area contributed by atoms with Crippen LogP contribution >= 0.6 is 0 Å². The molecule has 0 saturated heterocycles. The number of hydrogen-bond acceptors (Lipinski definition) is 3. The zero-order chi connectivity index (χ0) is 13.8. The summed E-state index contributed by atoms with van der Waals surface area (Å²) in [4.78, 5) is 12.1. The van der Waals surface area contributed by atoms with Gasteiger partial charge in [0, 0.05) is 5.39 Å². The van der Waals surface area contributed by atoms with Crippen LogP contribution in [0.25, 0.3) is 11.0 Å². The van der Waals surface area contributed by atoms with Crippen molar-refractivity contribution in [2.24, 2.45) is 0 Å². The van der Waals surface area contributed by atoms with Crippen LogP contribution in [-0.2, 0) is 4.74 Å². The van der Waals surface area contributed by atoms with E-state index in [0.29, 0.717) is 5.76 Å². The van der Waals surface area contributed by atoms with Crippen LogP contribution in [0.4, 0.5) is 0 Å². The fraction of sp³-hybridized carbons (Fsp3) is 0.471. The van der Waals surface area contributed by atoms with Crippen molar-refractivity contribution in [3.05, 3.63) is 36.1 Å². The van der Waals surface area contributed by atoms with Crippen molar-refractivity contribution in [1.82, 2.24) is 0 Å². The Balaban J connectivity index is 1.60. The van der Waals surface area contributed by atoms with Crippen molar-refractivity contribution < 1.29 is 13.9 Å². The van der Waals surface area contributed by atoms with Gasteiger partial charge in [0.15, 0.2) is 5.76 Å². The summed E-state index contributed by atoms with van der Waals surface area (Å²) in [5, 5.41) is 0.963. The molecule has 0 aliphatic heterocycles. The Hall–Kier alpha value is -1.61. The molecule has 0 unspecified atom stereocenters. The first-order valence-electron chi connectivity index (χ1n) is 7.46. The molecule has 1 aliphatic rings. The van der Waals surface area contributed by atoms with Gasteiger partial charge in [-0.15, -0.1) is 0 Å². The van der Waals surface area contributed by atoms with Crippen molar-refractivity contribution in [3.63, 3.8) is 0 Å². The van der Waals surface area contributed by atoms with Crippen LogP contribution in [0.3, 0.4) is 0 Å². The van der Waals surface area contributed by atoms with Crippen LogP contribution in [0.5, 0.6) is 0 Å². The molecule has 3 rings (SSSR count). The van der Waals surface area contributed by atoms with Gasteiger partial charge in [-0.3, -0.25) is 4.79 Å². The molecule has 0 spiro atoms. The van der Waals surface area contributed by atoms with Gasteiger partial charge in [-0.05, 0) is 25.0 Å². The molecule has 1 aliphatic carbocycles. The predicted molar refractivity (Wildman–Crippen MR) is 78.0 cm³/mol. The highest BCUT2D eigenvalue weighted by Crippen LogP contribution is 2.22. The van der Waals surface area contributed by atoms with E-state index in [0.717, 1.165) is 23.8 Å². The SMILES string of the molecule is O=C(COC1CCCCCC1)c1cc2ccccc2o1. The Labute approximate surface area is 118 Å². The predicted octanol–water partition coefficient (Wildman–Crippen LogP) is 4.35. The lowest BCUT2D eigenvalue weighted by atomic mass is 10.1. The summed E-state index contributed by atoms with van der Waals surface area (Å²) < 4.78 is 11.3. The maximum atomic E-state index is 12.1. The van der Waals surface area contributed by atoms with E-state index in [4.69, 9.17) is 9.15 Å². The van der Waals surface area contributed by atoms with Gasteiger partial charge in [0.25, 0.3) is 0 Å². The number of carbonyl (C=O) groups is 1. The van der Waals surface area contributed by atoms with E-state index in [2.05, 4.69) is 0 Å². The second-order valence-corrected chi connectivity index (χ2v) is 5.50. The number of ether oxygens (including phenoxy) is 1. The van der Waals surface area contributed by atoms with E-state index >= 15 is 0 Å². The molecule has 1 aromatic carbocycles. The molecule has 1 aromatic heterocycles. The molecular formula is C17H20O3. The standard InChI is InChI=1S/C17H20O3/c18-15(12-19-14-8-3-1-2-4-9-14)17-11-13-7-5-6-10-16(13)20-17/h5-7,10-11,14H,1-4,8-9,12H2. The Morgan fingerprint density at radius 2 is 1.90 bits per heavy atom. The Morgan fingerprint density at radius 3 is 2.65 bits per heavy atom. The van der Waals surface area contributed by atoms with Crippen LogP contribution < -0.4 is 0 Å². The van der Waals surface area contributed by atoms with Crippen LogP contribution in [0.2, 0.25) is 0 Å². The smallest absolute Gasteiger partial charge is 0.223 e. The second-order valence-electron chi connectivity index (χ2n) is 5.50. The maximum Gasteiger partial charge on any atom is 0.223 e. The lowest BCUT2D eigenvalue weighted by Crippen LogP contribution is -2.17. The molecule has 106 valence electrons. The van der Waals surface area contributed by atoms with E-state index in [-0.39, 0.29) is 18.5 Å². The first-order chi connectivity index (χ1) is 9.83. The number of furan rings is 1. The van der Waals surface area contributed by atoms with Gasteiger partial charge in [-0.2, -0.15) is 0 Å². The van der Waals surface area contributed by atoms with E-state index < -0.39 is 0 Å². The van der Waals surface area contributed by atoms with Crippen molar-refractivity contribution >= 4 is 16.8 Å². The van der Waals surface area contributed by atoms with Gasteiger partial charge in [0.1, 0.15) is 12.2 Å². The van der Waals surface area contributed by atoms with Gasteiger partial charge >= 0.3 is 0 Å². The van der Waals surface area contributed by atoms with Gasteiger partial charge < -0.3 is 9.15 Å². The molecule has 1 fully saturated rings. The number of para-hydroxylation sites is 1. The number of fused-ring (bicyclic) bond motifs is 1. The van der Waals surface area contributed by atoms with E-state index in [1.54, 1.807) is 6.07 Å². The van der Waals surface area contributed by atoms with Crippen LogP contribution in [-0.4, -0.2) is 18.5 Å². The Bertz CT molecular complexity index is 544. The average molecular weight is 272 g/mol. The van der Waals surface area contributed by atoms with E-state index in [1.165, 1.54) is 25.7 Å². The highest BCUT2D eigenvalue weighted by atomic mass is 16.5. The third kappa shape index (κ3) is 3.10. The Kier molecular flexibility index (Phi) is 4.16. The molecule has 1 heterocycles. The van der Waals surface area contributed by atoms with E-state index in [9.17, 15) is 4.79 Å². The highest BCUT2D eigenvalue weighted by molar-refractivity contribution is 5.98. The number of Topliss-reactive ketones (excluding diaryl/α,β-unsaturated/α-hetero) is 1. The number of benzene rings is 1. The summed E-state index contributed by atoms with van der Waals surface area (Å²) in [6.07, 6.45) is 7.40. The third-order valence-corrected chi connectivity index (χ3v) is 3.95. The highest BCUT2D eigenvalue weighted by Gasteiger charge is 2.17. The molecule has 0 amide bonds. The number of rotatable bonds is 4. The molecule has 3 nitrogen and oxygen atoms in total. The maximum absolute atomic E-state index is 12.1. The van der Waals surface area contributed by atoms with Gasteiger partial charge in [0.2, 0.25) is 5.78 Å². The molecule has 1 saturated carbocycles. The minimum atomic E-state index is -0.0644. The third-order valence-electron chi connectivity index (χ3n) is 3.95. The zero-order valence-corrected chi connectivity index (χ0v) is 11.6. The largest absolute Gasteiger partial charge is 0.453 e. The normalized spacial score (nSPS) is 17.2. The van der Waals surface area contributed by atoms with Crippen LogP contribution in [0, 0.1) is 0 Å². The van der Waals surface area contributed by atoms with Crippen molar-refractivity contribution in [3.8, 4) is 0 Å². The fourth-order valence-electron chi connectivity index (χ4n) is 2.79. The van der Waals surface area contributed by atoms with Crippen molar-refractivity contribution in [2.45, 2.75) is 44.6 Å². The number of carbonyl (C=O) groups excluding carboxylic acids is 1. The molecule has 0 radical (unpaired) electrons. The Morgan fingerprint density at radius 1 is 1.15 bits per heavy atom. The summed E-state index contributed by atoms with van der Waals surface area (Å²) in [7, 11) is 0. The first-order valence-corrected chi connectivity index (χ1v) is 7.46. The molecule has 3 heteroatoms. The number of ketones is 1. The lowest BCUT2D eigenvalue weighted by Gasteiger charge is -2.13. The molecule has 0 bridgehead atoms. The summed E-state index contributed by atoms with van der Waals surface area (Å²) >= 11 is 0. The van der Waals surface area contributed by atoms with Crippen molar-refractivity contribution in [1.29, 1.82) is 0 Å². The minimum Gasteiger partial charge on any atom is -0.453 e. The summed E-state index contributed by atoms with van der Waals surface area (Å²) in [6.45, 7) is 0.129. The monoisotopic (exact) mass is 272 g/mol. The topological polar surface area (TPSA) is 39.4 Å². The minimum absolute atomic E-state index is 0.0644. The fourth-order valence-corrected chi connectivity index (χ4v) is 2.79. The van der Waals surface area contributed by atoms with Crippen LogP contribution in [0.15, 0.2) is 34.7 Å². The van der Waals surface area contributed by atoms with E-state index in [1.807, 2.05) is 24.3 Å². The quantitative estimate of drug-likeness (QED) is 0.613. The molecule has 0 N–H and O–H groups in total. The average Bonchev–Trinajstić information content (AvgIpc) is 2.74. The summed E-state index contributed by atoms with van der Waals surface area (Å²) in [5.74, 6) is 0.338. The molecular weight excluding hydrogens is 252 g/mol. The van der Waals surface area contributed by atoms with Crippen LogP contribution in [0.1, 0.15) is 49.1 Å². The first kappa shape index (κ1) is 13.4. The zero-order valence-electron chi connectivity index (χ0n) is 11.6.